The SMILES string of the molecule is Cc1ccc(CNC(C)CN2CCCCC2)cn1. The first-order valence-electron chi connectivity index (χ1n) is 7.11. The first-order chi connectivity index (χ1) is 8.74. The molecule has 2 heterocycles. The molecule has 3 nitrogen and oxygen atoms in total. The van der Waals surface area contributed by atoms with Crippen LogP contribution in [0.4, 0.5) is 0 Å². The summed E-state index contributed by atoms with van der Waals surface area (Å²) in [5.74, 6) is 0. The van der Waals surface area contributed by atoms with Crippen molar-refractivity contribution in [2.45, 2.75) is 45.7 Å². The fourth-order valence-corrected chi connectivity index (χ4v) is 2.49. The van der Waals surface area contributed by atoms with Gasteiger partial charge in [0.15, 0.2) is 0 Å². The lowest BCUT2D eigenvalue weighted by molar-refractivity contribution is 0.209. The Labute approximate surface area is 111 Å². The van der Waals surface area contributed by atoms with E-state index in [0.29, 0.717) is 6.04 Å². The molecule has 1 N–H and O–H groups in total. The van der Waals surface area contributed by atoms with Gasteiger partial charge >= 0.3 is 0 Å². The van der Waals surface area contributed by atoms with Crippen molar-refractivity contribution in [3.05, 3.63) is 29.6 Å². The Morgan fingerprint density at radius 3 is 2.72 bits per heavy atom. The van der Waals surface area contributed by atoms with Gasteiger partial charge in [-0.15, -0.1) is 0 Å². The van der Waals surface area contributed by atoms with Crippen molar-refractivity contribution >= 4 is 0 Å². The van der Waals surface area contributed by atoms with Crippen molar-refractivity contribution < 1.29 is 0 Å². The molecule has 18 heavy (non-hydrogen) atoms. The highest BCUT2D eigenvalue weighted by atomic mass is 15.1. The van der Waals surface area contributed by atoms with E-state index in [1.54, 1.807) is 0 Å². The van der Waals surface area contributed by atoms with Gasteiger partial charge in [0.1, 0.15) is 0 Å². The third kappa shape index (κ3) is 4.39. The van der Waals surface area contributed by atoms with E-state index >= 15 is 0 Å². The number of piperidine rings is 1. The number of nitrogens with zero attached hydrogens (tertiary/aromatic N) is 2. The first kappa shape index (κ1) is 13.5. The highest BCUT2D eigenvalue weighted by Gasteiger charge is 2.12. The smallest absolute Gasteiger partial charge is 0.0372 e. The Hall–Kier alpha value is -0.930. The lowest BCUT2D eigenvalue weighted by Gasteiger charge is -2.29. The normalized spacial score (nSPS) is 18.8. The molecule has 1 aromatic rings. The summed E-state index contributed by atoms with van der Waals surface area (Å²) in [6.07, 6.45) is 6.12. The van der Waals surface area contributed by atoms with Crippen LogP contribution < -0.4 is 5.32 Å². The summed E-state index contributed by atoms with van der Waals surface area (Å²) in [5.41, 5.74) is 2.35. The van der Waals surface area contributed by atoms with E-state index in [1.807, 2.05) is 13.1 Å². The Kier molecular flexibility index (Phi) is 5.14. The second-order valence-corrected chi connectivity index (χ2v) is 5.45. The van der Waals surface area contributed by atoms with Gasteiger partial charge < -0.3 is 10.2 Å². The van der Waals surface area contributed by atoms with Gasteiger partial charge in [0.25, 0.3) is 0 Å². The summed E-state index contributed by atoms with van der Waals surface area (Å²) in [5, 5.41) is 3.58. The van der Waals surface area contributed by atoms with Gasteiger partial charge in [-0.1, -0.05) is 12.5 Å². The van der Waals surface area contributed by atoms with Crippen molar-refractivity contribution in [3.8, 4) is 0 Å². The van der Waals surface area contributed by atoms with Crippen LogP contribution >= 0.6 is 0 Å². The third-order valence-corrected chi connectivity index (χ3v) is 3.61. The third-order valence-electron chi connectivity index (χ3n) is 3.61. The lowest BCUT2D eigenvalue weighted by atomic mass is 10.1. The van der Waals surface area contributed by atoms with Crippen molar-refractivity contribution in [3.63, 3.8) is 0 Å². The average molecular weight is 247 g/mol. The maximum absolute atomic E-state index is 4.32. The molecule has 1 saturated heterocycles. The number of hydrogen-bond donors (Lipinski definition) is 1. The molecular formula is C15H25N3. The number of aromatic nitrogens is 1. The van der Waals surface area contributed by atoms with Crippen LogP contribution in [0.1, 0.15) is 37.4 Å². The highest BCUT2D eigenvalue weighted by molar-refractivity contribution is 5.12. The maximum Gasteiger partial charge on any atom is 0.0372 e. The van der Waals surface area contributed by atoms with Crippen molar-refractivity contribution in [1.82, 2.24) is 15.2 Å². The quantitative estimate of drug-likeness (QED) is 0.865. The fourth-order valence-electron chi connectivity index (χ4n) is 2.49. The van der Waals surface area contributed by atoms with Gasteiger partial charge in [-0.05, 0) is 51.4 Å². The van der Waals surface area contributed by atoms with Crippen LogP contribution in [0.15, 0.2) is 18.3 Å². The van der Waals surface area contributed by atoms with E-state index in [-0.39, 0.29) is 0 Å². The molecule has 0 amide bonds. The average Bonchev–Trinajstić information content (AvgIpc) is 2.39. The van der Waals surface area contributed by atoms with Crippen molar-refractivity contribution in [1.29, 1.82) is 0 Å². The van der Waals surface area contributed by atoms with Crippen LogP contribution in [-0.2, 0) is 6.54 Å². The minimum atomic E-state index is 0.546. The van der Waals surface area contributed by atoms with Gasteiger partial charge in [0, 0.05) is 31.0 Å². The number of hydrogen-bond acceptors (Lipinski definition) is 3. The molecule has 1 aliphatic heterocycles. The number of aryl methyl sites for hydroxylation is 1. The topological polar surface area (TPSA) is 28.2 Å². The number of pyridine rings is 1. The molecule has 3 heteroatoms. The molecular weight excluding hydrogens is 222 g/mol. The van der Waals surface area contributed by atoms with Gasteiger partial charge in [-0.25, -0.2) is 0 Å². The predicted octanol–water partition coefficient (Wildman–Crippen LogP) is 2.35. The molecule has 2 rings (SSSR count). The number of nitrogens with one attached hydrogen (secondary N) is 1. The molecule has 0 saturated carbocycles. The number of rotatable bonds is 5. The molecule has 0 aliphatic carbocycles. The Bertz CT molecular complexity index is 341. The van der Waals surface area contributed by atoms with E-state index < -0.39 is 0 Å². The van der Waals surface area contributed by atoms with E-state index in [0.717, 1.165) is 12.2 Å². The molecule has 0 aromatic carbocycles. The number of likely N-dealkylation sites (tertiary alicyclic amines) is 1. The predicted molar refractivity (Wildman–Crippen MR) is 75.6 cm³/mol. The Morgan fingerprint density at radius 2 is 2.06 bits per heavy atom. The van der Waals surface area contributed by atoms with E-state index in [4.69, 9.17) is 0 Å². The Balaban J connectivity index is 1.70. The fraction of sp³-hybridized carbons (Fsp3) is 0.667. The molecule has 1 unspecified atom stereocenters. The molecule has 1 aromatic heterocycles. The summed E-state index contributed by atoms with van der Waals surface area (Å²) in [6, 6.07) is 4.78. The summed E-state index contributed by atoms with van der Waals surface area (Å²) in [6.45, 7) is 8.93. The van der Waals surface area contributed by atoms with E-state index in [9.17, 15) is 0 Å². The lowest BCUT2D eigenvalue weighted by Crippen LogP contribution is -2.41. The second-order valence-electron chi connectivity index (χ2n) is 5.45. The summed E-state index contributed by atoms with van der Waals surface area (Å²) in [7, 11) is 0. The van der Waals surface area contributed by atoms with Crippen LogP contribution in [0.3, 0.4) is 0 Å². The standard InChI is InChI=1S/C15H25N3/c1-13-6-7-15(10-16-13)11-17-14(2)12-18-8-4-3-5-9-18/h6-7,10,14,17H,3-5,8-9,11-12H2,1-2H3. The monoisotopic (exact) mass is 247 g/mol. The summed E-state index contributed by atoms with van der Waals surface area (Å²) in [4.78, 5) is 6.90. The van der Waals surface area contributed by atoms with Gasteiger partial charge in [-0.2, -0.15) is 0 Å². The zero-order valence-corrected chi connectivity index (χ0v) is 11.7. The van der Waals surface area contributed by atoms with Gasteiger partial charge in [0.2, 0.25) is 0 Å². The van der Waals surface area contributed by atoms with E-state index in [2.05, 4.69) is 34.3 Å². The molecule has 0 radical (unpaired) electrons. The van der Waals surface area contributed by atoms with Crippen LogP contribution in [0.2, 0.25) is 0 Å². The molecule has 0 spiro atoms. The Morgan fingerprint density at radius 1 is 1.28 bits per heavy atom. The zero-order chi connectivity index (χ0) is 12.8. The van der Waals surface area contributed by atoms with Crippen molar-refractivity contribution in [2.75, 3.05) is 19.6 Å². The second kappa shape index (κ2) is 6.86. The van der Waals surface area contributed by atoms with Crippen molar-refractivity contribution in [2.24, 2.45) is 0 Å². The molecule has 100 valence electrons. The zero-order valence-electron chi connectivity index (χ0n) is 11.7. The minimum Gasteiger partial charge on any atom is -0.309 e. The van der Waals surface area contributed by atoms with Crippen LogP contribution in [0, 0.1) is 6.92 Å². The first-order valence-corrected chi connectivity index (χ1v) is 7.11. The minimum absolute atomic E-state index is 0.546. The highest BCUT2D eigenvalue weighted by Crippen LogP contribution is 2.09. The summed E-state index contributed by atoms with van der Waals surface area (Å²) < 4.78 is 0. The van der Waals surface area contributed by atoms with Gasteiger partial charge in [-0.3, -0.25) is 4.98 Å². The van der Waals surface area contributed by atoms with Gasteiger partial charge in [0.05, 0.1) is 0 Å². The van der Waals surface area contributed by atoms with Crippen LogP contribution in [0.25, 0.3) is 0 Å². The largest absolute Gasteiger partial charge is 0.309 e. The maximum atomic E-state index is 4.32. The molecule has 0 bridgehead atoms. The van der Waals surface area contributed by atoms with Crippen LogP contribution in [0.5, 0.6) is 0 Å². The molecule has 1 atom stereocenters. The van der Waals surface area contributed by atoms with E-state index in [1.165, 1.54) is 44.5 Å². The van der Waals surface area contributed by atoms with Crippen LogP contribution in [-0.4, -0.2) is 35.6 Å². The molecule has 1 aliphatic rings. The molecule has 1 fully saturated rings. The summed E-state index contributed by atoms with van der Waals surface area (Å²) >= 11 is 0.